The van der Waals surface area contributed by atoms with E-state index in [-0.39, 0.29) is 5.75 Å². The number of halogens is 1. The molecule has 3 aromatic rings. The molecular formula is C25H22BrN3O5. The highest BCUT2D eigenvalue weighted by molar-refractivity contribution is 9.10. The number of amides is 2. The minimum Gasteiger partial charge on any atom is -0.492 e. The van der Waals surface area contributed by atoms with E-state index in [4.69, 9.17) is 9.47 Å². The normalized spacial score (nSPS) is 10.9. The van der Waals surface area contributed by atoms with Crippen LogP contribution in [0.3, 0.4) is 0 Å². The maximum absolute atomic E-state index is 12.6. The Morgan fingerprint density at radius 1 is 0.853 bits per heavy atom. The Morgan fingerprint density at radius 3 is 2.18 bits per heavy atom. The summed E-state index contributed by atoms with van der Waals surface area (Å²) in [6, 6.07) is 20.4. The molecule has 0 aliphatic carbocycles. The summed E-state index contributed by atoms with van der Waals surface area (Å²) in [5.41, 5.74) is 3.77. The molecule has 3 rings (SSSR count). The molecule has 2 amide bonds. The van der Waals surface area contributed by atoms with Crippen molar-refractivity contribution >= 4 is 45.1 Å². The number of para-hydroxylation sites is 3. The average molecular weight is 524 g/mol. The van der Waals surface area contributed by atoms with Crippen LogP contribution in [0.5, 0.6) is 11.5 Å². The summed E-state index contributed by atoms with van der Waals surface area (Å²) in [4.78, 5) is 37.2. The van der Waals surface area contributed by atoms with Gasteiger partial charge in [0.2, 0.25) is 0 Å². The zero-order valence-electron chi connectivity index (χ0n) is 18.5. The number of carbonyl (C=O) groups excluding carboxylic acids is 3. The molecule has 34 heavy (non-hydrogen) atoms. The number of anilines is 1. The van der Waals surface area contributed by atoms with E-state index < -0.39 is 17.8 Å². The highest BCUT2D eigenvalue weighted by atomic mass is 79.9. The SMILES string of the molecule is CCOc1ccccc1NC(=O)C(=O)N/N=C(\C)c1ccccc1OC(=O)c1ccccc1Br. The highest BCUT2D eigenvalue weighted by Gasteiger charge is 2.17. The lowest BCUT2D eigenvalue weighted by molar-refractivity contribution is -0.136. The molecule has 0 bridgehead atoms. The molecule has 0 unspecified atom stereocenters. The largest absolute Gasteiger partial charge is 0.492 e. The van der Waals surface area contributed by atoms with Crippen LogP contribution < -0.4 is 20.2 Å². The first-order valence-electron chi connectivity index (χ1n) is 10.3. The number of hydrazone groups is 1. The van der Waals surface area contributed by atoms with E-state index in [1.807, 2.05) is 6.92 Å². The molecule has 3 aromatic carbocycles. The fourth-order valence-electron chi connectivity index (χ4n) is 2.91. The first kappa shape index (κ1) is 24.7. The molecule has 0 saturated carbocycles. The predicted octanol–water partition coefficient (Wildman–Crippen LogP) is 4.55. The van der Waals surface area contributed by atoms with E-state index in [2.05, 4.69) is 31.8 Å². The van der Waals surface area contributed by atoms with Crippen LogP contribution in [0.15, 0.2) is 82.4 Å². The number of nitrogens with zero attached hydrogens (tertiary/aromatic N) is 1. The molecule has 0 aliphatic rings. The molecule has 0 spiro atoms. The summed E-state index contributed by atoms with van der Waals surface area (Å²) in [6.45, 7) is 3.85. The van der Waals surface area contributed by atoms with Crippen molar-refractivity contribution in [3.05, 3.63) is 88.4 Å². The molecular weight excluding hydrogens is 502 g/mol. The van der Waals surface area contributed by atoms with E-state index in [9.17, 15) is 14.4 Å². The Morgan fingerprint density at radius 2 is 1.47 bits per heavy atom. The van der Waals surface area contributed by atoms with Crippen LogP contribution in [0.4, 0.5) is 5.69 Å². The van der Waals surface area contributed by atoms with Gasteiger partial charge in [0.1, 0.15) is 11.5 Å². The maximum atomic E-state index is 12.6. The molecule has 2 N–H and O–H groups in total. The minimum absolute atomic E-state index is 0.258. The van der Waals surface area contributed by atoms with Gasteiger partial charge in [-0.1, -0.05) is 36.4 Å². The molecule has 0 radical (unpaired) electrons. The Bertz CT molecular complexity index is 1240. The third-order valence-corrected chi connectivity index (χ3v) is 5.23. The van der Waals surface area contributed by atoms with Crippen LogP contribution in [-0.4, -0.2) is 30.1 Å². The Balaban J connectivity index is 1.70. The first-order chi connectivity index (χ1) is 16.4. The molecule has 174 valence electrons. The van der Waals surface area contributed by atoms with Gasteiger partial charge in [-0.15, -0.1) is 0 Å². The number of esters is 1. The number of ether oxygens (including phenoxy) is 2. The van der Waals surface area contributed by atoms with Crippen molar-refractivity contribution in [2.75, 3.05) is 11.9 Å². The van der Waals surface area contributed by atoms with Crippen LogP contribution in [0.2, 0.25) is 0 Å². The zero-order chi connectivity index (χ0) is 24.5. The Labute approximate surface area is 205 Å². The van der Waals surface area contributed by atoms with Crippen molar-refractivity contribution in [1.82, 2.24) is 5.43 Å². The van der Waals surface area contributed by atoms with Gasteiger partial charge in [0.15, 0.2) is 0 Å². The van der Waals surface area contributed by atoms with Gasteiger partial charge in [-0.05, 0) is 66.2 Å². The van der Waals surface area contributed by atoms with Gasteiger partial charge in [0.25, 0.3) is 0 Å². The number of hydrogen-bond donors (Lipinski definition) is 2. The van der Waals surface area contributed by atoms with E-state index in [0.29, 0.717) is 39.4 Å². The second-order valence-electron chi connectivity index (χ2n) is 6.89. The predicted molar refractivity (Wildman–Crippen MR) is 132 cm³/mol. The first-order valence-corrected chi connectivity index (χ1v) is 11.1. The molecule has 0 atom stereocenters. The van der Waals surface area contributed by atoms with Gasteiger partial charge in [0.05, 0.1) is 23.6 Å². The van der Waals surface area contributed by atoms with Gasteiger partial charge >= 0.3 is 17.8 Å². The smallest absolute Gasteiger partial charge is 0.344 e. The van der Waals surface area contributed by atoms with Crippen molar-refractivity contribution < 1.29 is 23.9 Å². The van der Waals surface area contributed by atoms with Crippen LogP contribution in [0.1, 0.15) is 29.8 Å². The number of benzene rings is 3. The fraction of sp³-hybridized carbons (Fsp3) is 0.120. The Kier molecular flexibility index (Phi) is 8.53. The van der Waals surface area contributed by atoms with Crippen molar-refractivity contribution in [3.63, 3.8) is 0 Å². The van der Waals surface area contributed by atoms with E-state index >= 15 is 0 Å². The molecule has 0 saturated heterocycles. The van der Waals surface area contributed by atoms with E-state index in [1.165, 1.54) is 0 Å². The zero-order valence-corrected chi connectivity index (χ0v) is 20.1. The summed E-state index contributed by atoms with van der Waals surface area (Å²) in [5.74, 6) is -1.71. The summed E-state index contributed by atoms with van der Waals surface area (Å²) in [6.07, 6.45) is 0. The second-order valence-corrected chi connectivity index (χ2v) is 7.74. The minimum atomic E-state index is -0.964. The van der Waals surface area contributed by atoms with Crippen LogP contribution in [0.25, 0.3) is 0 Å². The van der Waals surface area contributed by atoms with Crippen LogP contribution in [0, 0.1) is 0 Å². The van der Waals surface area contributed by atoms with Gasteiger partial charge in [-0.3, -0.25) is 9.59 Å². The number of rotatable bonds is 7. The lowest BCUT2D eigenvalue weighted by Gasteiger charge is -2.11. The molecule has 0 heterocycles. The molecule has 0 fully saturated rings. The van der Waals surface area contributed by atoms with E-state index in [1.54, 1.807) is 79.7 Å². The Hall–Kier alpha value is -3.98. The summed E-state index contributed by atoms with van der Waals surface area (Å²) in [5, 5.41) is 6.50. The van der Waals surface area contributed by atoms with Gasteiger partial charge in [-0.25, -0.2) is 10.2 Å². The molecule has 0 aromatic heterocycles. The molecule has 9 heteroatoms. The number of carbonyl (C=O) groups is 3. The lowest BCUT2D eigenvalue weighted by Crippen LogP contribution is -2.33. The van der Waals surface area contributed by atoms with Crippen molar-refractivity contribution in [2.45, 2.75) is 13.8 Å². The molecule has 0 aliphatic heterocycles. The third kappa shape index (κ3) is 6.29. The lowest BCUT2D eigenvalue weighted by atomic mass is 10.1. The van der Waals surface area contributed by atoms with Gasteiger partial charge in [-0.2, -0.15) is 5.10 Å². The summed E-state index contributed by atoms with van der Waals surface area (Å²) >= 11 is 3.33. The van der Waals surface area contributed by atoms with Crippen molar-refractivity contribution in [2.24, 2.45) is 5.10 Å². The topological polar surface area (TPSA) is 106 Å². The maximum Gasteiger partial charge on any atom is 0.344 e. The fourth-order valence-corrected chi connectivity index (χ4v) is 3.36. The average Bonchev–Trinajstić information content (AvgIpc) is 2.84. The standard InChI is InChI=1S/C25H22BrN3O5/c1-3-33-22-15-9-7-13-20(22)27-23(30)24(31)29-28-16(2)17-10-5-8-14-21(17)34-25(32)18-11-4-6-12-19(18)26/h4-15H,3H2,1-2H3,(H,27,30)(H,29,31)/b28-16+. The highest BCUT2D eigenvalue weighted by Crippen LogP contribution is 2.24. The van der Waals surface area contributed by atoms with Crippen LogP contribution >= 0.6 is 15.9 Å². The summed E-state index contributed by atoms with van der Waals surface area (Å²) in [7, 11) is 0. The number of nitrogens with one attached hydrogen (secondary N) is 2. The summed E-state index contributed by atoms with van der Waals surface area (Å²) < 4.78 is 11.6. The molecule has 8 nitrogen and oxygen atoms in total. The second kappa shape index (κ2) is 11.8. The quantitative estimate of drug-likeness (QED) is 0.155. The van der Waals surface area contributed by atoms with Gasteiger partial charge < -0.3 is 14.8 Å². The van der Waals surface area contributed by atoms with Gasteiger partial charge in [0, 0.05) is 10.0 Å². The monoisotopic (exact) mass is 523 g/mol. The third-order valence-electron chi connectivity index (χ3n) is 4.54. The van der Waals surface area contributed by atoms with Crippen molar-refractivity contribution in [1.29, 1.82) is 0 Å². The van der Waals surface area contributed by atoms with E-state index in [0.717, 1.165) is 0 Å². The van der Waals surface area contributed by atoms with Crippen molar-refractivity contribution in [3.8, 4) is 11.5 Å². The van der Waals surface area contributed by atoms with Crippen LogP contribution in [-0.2, 0) is 9.59 Å². The number of hydrogen-bond acceptors (Lipinski definition) is 6.